The Morgan fingerprint density at radius 1 is 1.45 bits per heavy atom. The number of aryl methyl sites for hydroxylation is 1. The molecule has 0 radical (unpaired) electrons. The molecule has 1 unspecified atom stereocenters. The van der Waals surface area contributed by atoms with Gasteiger partial charge in [-0.15, -0.1) is 11.3 Å². The highest BCUT2D eigenvalue weighted by atomic mass is 32.1. The van der Waals surface area contributed by atoms with Gasteiger partial charge in [0.05, 0.1) is 4.88 Å². The molecule has 0 spiro atoms. The second kappa shape index (κ2) is 6.81. The Bertz CT molecular complexity index is 604. The van der Waals surface area contributed by atoms with E-state index in [2.05, 4.69) is 24.3 Å². The lowest BCUT2D eigenvalue weighted by atomic mass is 10.2. The van der Waals surface area contributed by atoms with Gasteiger partial charge in [-0.1, -0.05) is 13.0 Å². The van der Waals surface area contributed by atoms with Crippen molar-refractivity contribution in [1.29, 1.82) is 0 Å². The van der Waals surface area contributed by atoms with E-state index in [0.717, 1.165) is 22.6 Å². The Labute approximate surface area is 123 Å². The molecule has 0 aliphatic carbocycles. The molecule has 20 heavy (non-hydrogen) atoms. The van der Waals surface area contributed by atoms with E-state index in [-0.39, 0.29) is 5.56 Å². The zero-order chi connectivity index (χ0) is 14.5. The molecule has 4 nitrogen and oxygen atoms in total. The fourth-order valence-electron chi connectivity index (χ4n) is 1.91. The van der Waals surface area contributed by atoms with Gasteiger partial charge in [-0.2, -0.15) is 5.10 Å². The molecule has 0 saturated carbocycles. The Morgan fingerprint density at radius 2 is 2.25 bits per heavy atom. The largest absolute Gasteiger partial charge is 0.310 e. The monoisotopic (exact) mass is 291 g/mol. The molecule has 5 heteroatoms. The molecule has 1 N–H and O–H groups in total. The molecule has 0 aliphatic rings. The fraction of sp³-hybridized carbons (Fsp3) is 0.467. The molecule has 0 amide bonds. The van der Waals surface area contributed by atoms with E-state index in [9.17, 15) is 4.79 Å². The molecule has 2 rings (SSSR count). The van der Waals surface area contributed by atoms with Crippen LogP contribution in [-0.4, -0.2) is 15.8 Å². The van der Waals surface area contributed by atoms with E-state index in [1.165, 1.54) is 0 Å². The van der Waals surface area contributed by atoms with Gasteiger partial charge in [-0.25, -0.2) is 4.68 Å². The first-order valence-electron chi connectivity index (χ1n) is 7.04. The highest BCUT2D eigenvalue weighted by Gasteiger charge is 2.10. The van der Waals surface area contributed by atoms with Gasteiger partial charge < -0.3 is 5.32 Å². The lowest BCUT2D eigenvalue weighted by molar-refractivity contribution is 0.524. The maximum absolute atomic E-state index is 12.3. The van der Waals surface area contributed by atoms with Crippen LogP contribution in [0, 0.1) is 0 Å². The second-order valence-corrected chi connectivity index (χ2v) is 5.79. The number of aromatic nitrogens is 2. The van der Waals surface area contributed by atoms with Crippen molar-refractivity contribution >= 4 is 11.3 Å². The van der Waals surface area contributed by atoms with Gasteiger partial charge >= 0.3 is 0 Å². The quantitative estimate of drug-likeness (QED) is 0.890. The molecule has 1 atom stereocenters. The molecule has 2 aromatic rings. The van der Waals surface area contributed by atoms with Crippen molar-refractivity contribution in [2.45, 2.75) is 46.3 Å². The van der Waals surface area contributed by atoms with Gasteiger partial charge in [0.15, 0.2) is 0 Å². The summed E-state index contributed by atoms with van der Waals surface area (Å²) in [5, 5.41) is 9.83. The van der Waals surface area contributed by atoms with Gasteiger partial charge in [-0.3, -0.25) is 4.79 Å². The summed E-state index contributed by atoms with van der Waals surface area (Å²) in [4.78, 5) is 13.4. The summed E-state index contributed by atoms with van der Waals surface area (Å²) in [5.41, 5.74) is 1.66. The maximum Gasteiger partial charge on any atom is 0.271 e. The lowest BCUT2D eigenvalue weighted by Crippen LogP contribution is -2.32. The summed E-state index contributed by atoms with van der Waals surface area (Å²) in [5.74, 6) is 0. The molecule has 108 valence electrons. The first-order valence-corrected chi connectivity index (χ1v) is 7.92. The van der Waals surface area contributed by atoms with E-state index < -0.39 is 0 Å². The fourth-order valence-corrected chi connectivity index (χ4v) is 2.59. The topological polar surface area (TPSA) is 46.9 Å². The van der Waals surface area contributed by atoms with Crippen LogP contribution in [0.5, 0.6) is 0 Å². The van der Waals surface area contributed by atoms with E-state index >= 15 is 0 Å². The van der Waals surface area contributed by atoms with Crippen LogP contribution in [0.2, 0.25) is 0 Å². The van der Waals surface area contributed by atoms with Gasteiger partial charge in [-0.05, 0) is 37.8 Å². The molecule has 0 fully saturated rings. The predicted octanol–water partition coefficient (Wildman–Crippen LogP) is 2.88. The van der Waals surface area contributed by atoms with Gasteiger partial charge in [0.2, 0.25) is 0 Å². The van der Waals surface area contributed by atoms with E-state index in [1.807, 2.05) is 30.5 Å². The van der Waals surface area contributed by atoms with Crippen LogP contribution in [0.1, 0.15) is 32.8 Å². The molecule has 0 bridgehead atoms. The lowest BCUT2D eigenvalue weighted by Gasteiger charge is -2.12. The van der Waals surface area contributed by atoms with Crippen LogP contribution in [0.3, 0.4) is 0 Å². The number of hydrogen-bond donors (Lipinski definition) is 1. The van der Waals surface area contributed by atoms with Crippen molar-refractivity contribution in [3.63, 3.8) is 0 Å². The van der Waals surface area contributed by atoms with Gasteiger partial charge in [0.25, 0.3) is 5.56 Å². The predicted molar refractivity (Wildman–Crippen MR) is 84.1 cm³/mol. The van der Waals surface area contributed by atoms with Crippen LogP contribution in [-0.2, 0) is 13.1 Å². The van der Waals surface area contributed by atoms with Crippen molar-refractivity contribution < 1.29 is 0 Å². The Balaban J connectivity index is 2.35. The highest BCUT2D eigenvalue weighted by molar-refractivity contribution is 7.13. The van der Waals surface area contributed by atoms with Crippen molar-refractivity contribution in [2.75, 3.05) is 0 Å². The van der Waals surface area contributed by atoms with Crippen LogP contribution in [0.4, 0.5) is 0 Å². The molecule has 0 aliphatic heterocycles. The van der Waals surface area contributed by atoms with Crippen molar-refractivity contribution in [3.05, 3.63) is 39.5 Å². The SMILES string of the molecule is CCC(C)NCc1cc(-c2cccs2)nn(CC)c1=O. The smallest absolute Gasteiger partial charge is 0.271 e. The zero-order valence-corrected chi connectivity index (χ0v) is 13.0. The Kier molecular flexibility index (Phi) is 5.09. The maximum atomic E-state index is 12.3. The summed E-state index contributed by atoms with van der Waals surface area (Å²) in [7, 11) is 0. The molecular formula is C15H21N3OS. The minimum Gasteiger partial charge on any atom is -0.310 e. The number of nitrogens with one attached hydrogen (secondary N) is 1. The van der Waals surface area contributed by atoms with Crippen LogP contribution in [0.25, 0.3) is 10.6 Å². The summed E-state index contributed by atoms with van der Waals surface area (Å²) >= 11 is 1.64. The molecule has 2 aromatic heterocycles. The number of rotatable bonds is 6. The third kappa shape index (κ3) is 3.35. The normalized spacial score (nSPS) is 12.6. The Hall–Kier alpha value is -1.46. The Morgan fingerprint density at radius 3 is 2.85 bits per heavy atom. The summed E-state index contributed by atoms with van der Waals surface area (Å²) in [6.07, 6.45) is 1.05. The molecular weight excluding hydrogens is 270 g/mol. The summed E-state index contributed by atoms with van der Waals surface area (Å²) in [6, 6.07) is 6.35. The minimum atomic E-state index is 0.00334. The van der Waals surface area contributed by atoms with Crippen molar-refractivity contribution in [2.24, 2.45) is 0 Å². The highest BCUT2D eigenvalue weighted by Crippen LogP contribution is 2.22. The second-order valence-electron chi connectivity index (χ2n) is 4.84. The number of nitrogens with zero attached hydrogens (tertiary/aromatic N) is 2. The van der Waals surface area contributed by atoms with Crippen molar-refractivity contribution in [3.8, 4) is 10.6 Å². The first-order chi connectivity index (χ1) is 9.65. The van der Waals surface area contributed by atoms with Gasteiger partial charge in [0.1, 0.15) is 5.69 Å². The van der Waals surface area contributed by atoms with E-state index in [4.69, 9.17) is 0 Å². The van der Waals surface area contributed by atoms with Crippen LogP contribution < -0.4 is 10.9 Å². The van der Waals surface area contributed by atoms with E-state index in [1.54, 1.807) is 16.0 Å². The van der Waals surface area contributed by atoms with Crippen molar-refractivity contribution in [1.82, 2.24) is 15.1 Å². The molecule has 0 saturated heterocycles. The molecule has 0 aromatic carbocycles. The van der Waals surface area contributed by atoms with Crippen LogP contribution in [0.15, 0.2) is 28.4 Å². The first kappa shape index (κ1) is 14.9. The zero-order valence-electron chi connectivity index (χ0n) is 12.2. The third-order valence-electron chi connectivity index (χ3n) is 3.38. The average Bonchev–Trinajstić information content (AvgIpc) is 3.00. The summed E-state index contributed by atoms with van der Waals surface area (Å²) < 4.78 is 1.54. The van der Waals surface area contributed by atoms with E-state index in [0.29, 0.717) is 19.1 Å². The molecule has 2 heterocycles. The number of hydrogen-bond acceptors (Lipinski definition) is 4. The average molecular weight is 291 g/mol. The third-order valence-corrected chi connectivity index (χ3v) is 4.27. The summed E-state index contributed by atoms with van der Waals surface area (Å²) in [6.45, 7) is 7.38. The minimum absolute atomic E-state index is 0.00334. The van der Waals surface area contributed by atoms with Crippen LogP contribution >= 0.6 is 11.3 Å². The van der Waals surface area contributed by atoms with Gasteiger partial charge in [0, 0.05) is 24.7 Å². The number of thiophene rings is 1. The standard InChI is InChI=1S/C15H21N3OS/c1-4-11(3)16-10-12-9-13(14-7-6-8-20-14)17-18(5-2)15(12)19/h6-9,11,16H,4-5,10H2,1-3H3.